The maximum atomic E-state index is 10.6. The van der Waals surface area contributed by atoms with Gasteiger partial charge in [0.05, 0.1) is 10.6 Å². The van der Waals surface area contributed by atoms with Gasteiger partial charge in [-0.3, -0.25) is 15.1 Å². The molecule has 0 aromatic carbocycles. The zero-order chi connectivity index (χ0) is 10.0. The van der Waals surface area contributed by atoms with Crippen LogP contribution in [-0.2, 0) is 0 Å². The van der Waals surface area contributed by atoms with E-state index in [9.17, 15) is 14.9 Å². The monoisotopic (exact) mass is 182 g/mol. The van der Waals surface area contributed by atoms with Crippen molar-refractivity contribution in [2.75, 3.05) is 0 Å². The summed E-state index contributed by atoms with van der Waals surface area (Å²) in [5, 5.41) is 19.0. The highest BCUT2D eigenvalue weighted by atomic mass is 16.6. The van der Waals surface area contributed by atoms with E-state index in [1.807, 2.05) is 0 Å². The van der Waals surface area contributed by atoms with Crippen molar-refractivity contribution in [1.82, 2.24) is 4.98 Å². The van der Waals surface area contributed by atoms with Gasteiger partial charge in [-0.05, 0) is 6.92 Å². The van der Waals surface area contributed by atoms with Gasteiger partial charge in [-0.1, -0.05) is 0 Å². The molecule has 6 heteroatoms. The number of nitrogens with zero attached hydrogens (tertiary/aromatic N) is 2. The average molecular weight is 182 g/mol. The van der Waals surface area contributed by atoms with Gasteiger partial charge >= 0.3 is 5.97 Å². The van der Waals surface area contributed by atoms with E-state index in [4.69, 9.17) is 5.11 Å². The van der Waals surface area contributed by atoms with Gasteiger partial charge in [0, 0.05) is 12.3 Å². The zero-order valence-electron chi connectivity index (χ0n) is 6.72. The average Bonchev–Trinajstić information content (AvgIpc) is 2.02. The number of rotatable bonds is 2. The van der Waals surface area contributed by atoms with Crippen molar-refractivity contribution < 1.29 is 14.8 Å². The Hall–Kier alpha value is -1.98. The number of aryl methyl sites for hydroxylation is 1. The fraction of sp³-hybridized carbons (Fsp3) is 0.143. The third-order valence-electron chi connectivity index (χ3n) is 1.53. The van der Waals surface area contributed by atoms with Gasteiger partial charge in [-0.15, -0.1) is 0 Å². The molecule has 13 heavy (non-hydrogen) atoms. The standard InChI is InChI=1S/C7H6N2O4/c1-4-6(7(10)11)5(9(12)13)2-3-8-4/h2-3H,1H3,(H,10,11). The Balaban J connectivity index is 3.43. The summed E-state index contributed by atoms with van der Waals surface area (Å²) in [6.45, 7) is 1.41. The zero-order valence-corrected chi connectivity index (χ0v) is 6.72. The van der Waals surface area contributed by atoms with Crippen LogP contribution in [-0.4, -0.2) is 21.0 Å². The van der Waals surface area contributed by atoms with E-state index >= 15 is 0 Å². The molecule has 6 nitrogen and oxygen atoms in total. The summed E-state index contributed by atoms with van der Waals surface area (Å²) in [5.74, 6) is -1.34. The van der Waals surface area contributed by atoms with Gasteiger partial charge in [-0.25, -0.2) is 4.79 Å². The normalized spacial score (nSPS) is 9.62. The fourth-order valence-electron chi connectivity index (χ4n) is 0.969. The SMILES string of the molecule is Cc1nccc([N+](=O)[O-])c1C(=O)O. The Morgan fingerprint density at radius 3 is 2.69 bits per heavy atom. The van der Waals surface area contributed by atoms with E-state index in [2.05, 4.69) is 4.98 Å². The third-order valence-corrected chi connectivity index (χ3v) is 1.53. The van der Waals surface area contributed by atoms with Gasteiger partial charge < -0.3 is 5.11 Å². The number of carbonyl (C=O) groups is 1. The molecule has 1 heterocycles. The van der Waals surface area contributed by atoms with Crippen molar-refractivity contribution in [2.45, 2.75) is 6.92 Å². The van der Waals surface area contributed by atoms with Gasteiger partial charge in [0.2, 0.25) is 0 Å². The molecule has 0 fully saturated rings. The largest absolute Gasteiger partial charge is 0.477 e. The van der Waals surface area contributed by atoms with Crippen molar-refractivity contribution in [2.24, 2.45) is 0 Å². The van der Waals surface area contributed by atoms with Crippen LogP contribution in [0.4, 0.5) is 5.69 Å². The van der Waals surface area contributed by atoms with E-state index in [-0.39, 0.29) is 11.3 Å². The van der Waals surface area contributed by atoms with Crippen LogP contribution in [0.25, 0.3) is 0 Å². The highest BCUT2D eigenvalue weighted by Crippen LogP contribution is 2.19. The van der Waals surface area contributed by atoms with Crippen molar-refractivity contribution >= 4 is 11.7 Å². The molecule has 0 unspecified atom stereocenters. The highest BCUT2D eigenvalue weighted by molar-refractivity contribution is 5.93. The summed E-state index contributed by atoms with van der Waals surface area (Å²) >= 11 is 0. The van der Waals surface area contributed by atoms with E-state index in [1.165, 1.54) is 13.1 Å². The molecule has 1 rings (SSSR count). The first-order valence-corrected chi connectivity index (χ1v) is 3.37. The van der Waals surface area contributed by atoms with Crippen molar-refractivity contribution in [3.63, 3.8) is 0 Å². The minimum Gasteiger partial charge on any atom is -0.477 e. The topological polar surface area (TPSA) is 93.3 Å². The number of hydrogen-bond acceptors (Lipinski definition) is 4. The number of carboxylic acids is 1. The summed E-state index contributed by atoms with van der Waals surface area (Å²) in [6, 6.07) is 1.07. The number of nitro groups is 1. The third kappa shape index (κ3) is 1.61. The van der Waals surface area contributed by atoms with Crippen molar-refractivity contribution in [3.8, 4) is 0 Å². The Labute approximate surface area is 73.0 Å². The molecular weight excluding hydrogens is 176 g/mol. The number of aromatic nitrogens is 1. The van der Waals surface area contributed by atoms with Crippen LogP contribution < -0.4 is 0 Å². The molecule has 1 aromatic rings. The van der Waals surface area contributed by atoms with Crippen LogP contribution in [0.15, 0.2) is 12.3 Å². The molecule has 0 aliphatic rings. The maximum absolute atomic E-state index is 10.6. The van der Waals surface area contributed by atoms with E-state index < -0.39 is 16.6 Å². The fourth-order valence-corrected chi connectivity index (χ4v) is 0.969. The van der Waals surface area contributed by atoms with Crippen molar-refractivity contribution in [1.29, 1.82) is 0 Å². The Bertz CT molecular complexity index is 375. The van der Waals surface area contributed by atoms with Crippen LogP contribution in [0.1, 0.15) is 16.1 Å². The number of pyridine rings is 1. The Kier molecular flexibility index (Phi) is 2.23. The van der Waals surface area contributed by atoms with Crippen LogP contribution in [0, 0.1) is 17.0 Å². The minimum atomic E-state index is -1.34. The Morgan fingerprint density at radius 1 is 1.69 bits per heavy atom. The number of aromatic carboxylic acids is 1. The van der Waals surface area contributed by atoms with E-state index in [0.717, 1.165) is 6.07 Å². The van der Waals surface area contributed by atoms with Gasteiger partial charge in [0.25, 0.3) is 5.69 Å². The second-order valence-electron chi connectivity index (χ2n) is 2.35. The molecule has 0 spiro atoms. The van der Waals surface area contributed by atoms with Crippen LogP contribution >= 0.6 is 0 Å². The minimum absolute atomic E-state index is 0.140. The molecule has 68 valence electrons. The summed E-state index contributed by atoms with van der Waals surface area (Å²) in [4.78, 5) is 23.9. The predicted octanol–water partition coefficient (Wildman–Crippen LogP) is 0.996. The number of hydrogen-bond donors (Lipinski definition) is 1. The molecule has 0 aliphatic heterocycles. The smallest absolute Gasteiger partial charge is 0.344 e. The predicted molar refractivity (Wildman–Crippen MR) is 42.6 cm³/mol. The quantitative estimate of drug-likeness (QED) is 0.543. The first-order chi connectivity index (χ1) is 6.04. The lowest BCUT2D eigenvalue weighted by atomic mass is 10.2. The second-order valence-corrected chi connectivity index (χ2v) is 2.35. The lowest BCUT2D eigenvalue weighted by Gasteiger charge is -1.99. The summed E-state index contributed by atoms with van der Waals surface area (Å²) in [7, 11) is 0. The molecule has 0 bridgehead atoms. The first kappa shape index (κ1) is 9.11. The van der Waals surface area contributed by atoms with Crippen molar-refractivity contribution in [3.05, 3.63) is 33.6 Å². The lowest BCUT2D eigenvalue weighted by molar-refractivity contribution is -0.385. The van der Waals surface area contributed by atoms with Gasteiger partial charge in [-0.2, -0.15) is 0 Å². The molecule has 1 N–H and O–H groups in total. The maximum Gasteiger partial charge on any atom is 0.344 e. The summed E-state index contributed by atoms with van der Waals surface area (Å²) in [6.07, 6.45) is 1.21. The first-order valence-electron chi connectivity index (χ1n) is 3.37. The number of carboxylic acid groups (broad SMARTS) is 1. The van der Waals surface area contributed by atoms with Crippen LogP contribution in [0.2, 0.25) is 0 Å². The van der Waals surface area contributed by atoms with Gasteiger partial charge in [0.15, 0.2) is 5.56 Å². The van der Waals surface area contributed by atoms with Gasteiger partial charge in [0.1, 0.15) is 0 Å². The summed E-state index contributed by atoms with van der Waals surface area (Å²) in [5.41, 5.74) is -0.644. The Morgan fingerprint density at radius 2 is 2.31 bits per heavy atom. The molecule has 1 aromatic heterocycles. The molecule has 0 saturated carbocycles. The van der Waals surface area contributed by atoms with Crippen LogP contribution in [0.5, 0.6) is 0 Å². The van der Waals surface area contributed by atoms with Crippen LogP contribution in [0.3, 0.4) is 0 Å². The molecule has 0 atom stereocenters. The second kappa shape index (κ2) is 3.18. The molecule has 0 amide bonds. The molecule has 0 radical (unpaired) electrons. The van der Waals surface area contributed by atoms with E-state index in [1.54, 1.807) is 0 Å². The molecule has 0 saturated heterocycles. The lowest BCUT2D eigenvalue weighted by Crippen LogP contribution is -2.06. The molecule has 0 aliphatic carbocycles. The summed E-state index contributed by atoms with van der Waals surface area (Å²) < 4.78 is 0. The molecular formula is C7H6N2O4. The van der Waals surface area contributed by atoms with E-state index in [0.29, 0.717) is 0 Å². The highest BCUT2D eigenvalue weighted by Gasteiger charge is 2.22.